The lowest BCUT2D eigenvalue weighted by Gasteiger charge is -2.02. The molecular weight excluding hydrogens is 156 g/mol. The van der Waals surface area contributed by atoms with Gasteiger partial charge in [-0.25, -0.2) is 4.79 Å². The minimum absolute atomic E-state index is 0. The largest absolute Gasteiger partial charge is 0.465 e. The molecule has 0 aromatic rings. The van der Waals surface area contributed by atoms with Crippen LogP contribution in [0.25, 0.3) is 0 Å². The number of carbonyl (C=O) groups is 1. The summed E-state index contributed by atoms with van der Waals surface area (Å²) < 4.78 is 4.48. The molecule has 0 bridgehead atoms. The average Bonchev–Trinajstić information content (AvgIpc) is 1.87. The number of halogens is 1. The first-order valence-corrected chi connectivity index (χ1v) is 2.65. The molecular formula is C5H11ClN2O2. The Hall–Kier alpha value is -0.610. The van der Waals surface area contributed by atoms with Crippen molar-refractivity contribution in [1.29, 1.82) is 5.41 Å². The van der Waals surface area contributed by atoms with Crippen LogP contribution in [-0.2, 0) is 9.53 Å². The van der Waals surface area contributed by atoms with E-state index in [0.29, 0.717) is 6.61 Å². The van der Waals surface area contributed by atoms with E-state index in [1.54, 1.807) is 6.92 Å². The van der Waals surface area contributed by atoms with E-state index in [9.17, 15) is 4.79 Å². The van der Waals surface area contributed by atoms with Gasteiger partial charge >= 0.3 is 5.97 Å². The highest BCUT2D eigenvalue weighted by molar-refractivity contribution is 5.92. The van der Waals surface area contributed by atoms with E-state index in [-0.39, 0.29) is 12.4 Å². The quantitative estimate of drug-likeness (QED) is 0.456. The van der Waals surface area contributed by atoms with Crippen molar-refractivity contribution in [2.45, 2.75) is 13.0 Å². The smallest absolute Gasteiger partial charge is 0.328 e. The molecule has 4 nitrogen and oxygen atoms in total. The zero-order valence-corrected chi connectivity index (χ0v) is 6.48. The third-order valence-electron chi connectivity index (χ3n) is 0.738. The van der Waals surface area contributed by atoms with Gasteiger partial charge in [-0.1, -0.05) is 0 Å². The molecule has 3 N–H and O–H groups in total. The summed E-state index contributed by atoms with van der Waals surface area (Å²) in [6.45, 7) is 1.99. The Morgan fingerprint density at radius 1 is 1.90 bits per heavy atom. The third-order valence-corrected chi connectivity index (χ3v) is 0.738. The Kier molecular flexibility index (Phi) is 7.88. The summed E-state index contributed by atoms with van der Waals surface area (Å²) in [6, 6.07) is -0.898. The van der Waals surface area contributed by atoms with Crippen molar-refractivity contribution < 1.29 is 9.53 Å². The van der Waals surface area contributed by atoms with Gasteiger partial charge in [0.25, 0.3) is 0 Å². The minimum Gasteiger partial charge on any atom is -0.465 e. The van der Waals surface area contributed by atoms with E-state index in [1.165, 1.54) is 0 Å². The van der Waals surface area contributed by atoms with Crippen LogP contribution in [0.15, 0.2) is 0 Å². The van der Waals surface area contributed by atoms with Crippen LogP contribution in [0.2, 0.25) is 0 Å². The molecule has 1 unspecified atom stereocenters. The maximum Gasteiger partial charge on any atom is 0.328 e. The van der Waals surface area contributed by atoms with E-state index in [0.717, 1.165) is 6.21 Å². The van der Waals surface area contributed by atoms with Crippen molar-refractivity contribution in [3.05, 3.63) is 0 Å². The normalized spacial score (nSPS) is 11.0. The molecule has 60 valence electrons. The van der Waals surface area contributed by atoms with Crippen LogP contribution in [0, 0.1) is 5.41 Å². The minimum atomic E-state index is -0.898. The molecule has 0 aliphatic rings. The van der Waals surface area contributed by atoms with E-state index < -0.39 is 12.0 Å². The van der Waals surface area contributed by atoms with Crippen molar-refractivity contribution in [2.24, 2.45) is 5.73 Å². The molecule has 0 aliphatic heterocycles. The standard InChI is InChI=1S/C5H10N2O2.ClH/c1-2-9-5(8)4(7)3-6;/h3-4,6H,2,7H2,1H3;1H. The topological polar surface area (TPSA) is 76.2 Å². The van der Waals surface area contributed by atoms with E-state index >= 15 is 0 Å². The van der Waals surface area contributed by atoms with E-state index in [4.69, 9.17) is 11.1 Å². The molecule has 0 heterocycles. The summed E-state index contributed by atoms with van der Waals surface area (Å²) in [6.07, 6.45) is 0.845. The molecule has 0 radical (unpaired) electrons. The fourth-order valence-electron chi connectivity index (χ4n) is 0.307. The van der Waals surface area contributed by atoms with Crippen molar-refractivity contribution >= 4 is 24.6 Å². The highest BCUT2D eigenvalue weighted by Crippen LogP contribution is 1.79. The second-order valence-electron chi connectivity index (χ2n) is 1.44. The van der Waals surface area contributed by atoms with Gasteiger partial charge in [0.15, 0.2) is 0 Å². The maximum atomic E-state index is 10.5. The summed E-state index contributed by atoms with van der Waals surface area (Å²) in [7, 11) is 0. The Balaban J connectivity index is 0. The lowest BCUT2D eigenvalue weighted by atomic mass is 10.3. The van der Waals surface area contributed by atoms with Gasteiger partial charge in [0, 0.05) is 6.21 Å². The number of rotatable bonds is 3. The van der Waals surface area contributed by atoms with Crippen LogP contribution in [0.1, 0.15) is 6.92 Å². The lowest BCUT2D eigenvalue weighted by molar-refractivity contribution is -0.142. The van der Waals surface area contributed by atoms with Gasteiger partial charge in [0.2, 0.25) is 0 Å². The van der Waals surface area contributed by atoms with E-state index in [1.807, 2.05) is 0 Å². The number of ether oxygens (including phenoxy) is 1. The summed E-state index contributed by atoms with van der Waals surface area (Å²) >= 11 is 0. The number of nitrogens with two attached hydrogens (primary N) is 1. The first-order valence-electron chi connectivity index (χ1n) is 2.65. The molecule has 0 aliphatic carbocycles. The van der Waals surface area contributed by atoms with Crippen LogP contribution in [0.3, 0.4) is 0 Å². The molecule has 10 heavy (non-hydrogen) atoms. The molecule has 0 aromatic heterocycles. The molecule has 5 heteroatoms. The number of hydrogen-bond donors (Lipinski definition) is 2. The fraction of sp³-hybridized carbons (Fsp3) is 0.600. The van der Waals surface area contributed by atoms with Gasteiger partial charge in [-0.05, 0) is 6.92 Å². The predicted molar refractivity (Wildman–Crippen MR) is 40.6 cm³/mol. The maximum absolute atomic E-state index is 10.5. The first-order chi connectivity index (χ1) is 4.22. The second-order valence-corrected chi connectivity index (χ2v) is 1.44. The van der Waals surface area contributed by atoms with Crippen molar-refractivity contribution in [3.8, 4) is 0 Å². The Bertz CT molecular complexity index is 118. The Morgan fingerprint density at radius 3 is 2.70 bits per heavy atom. The van der Waals surface area contributed by atoms with Gasteiger partial charge in [-0.3, -0.25) is 0 Å². The molecule has 0 spiro atoms. The van der Waals surface area contributed by atoms with Gasteiger partial charge in [0.05, 0.1) is 6.61 Å². The van der Waals surface area contributed by atoms with Crippen LogP contribution < -0.4 is 5.73 Å². The number of esters is 1. The average molecular weight is 167 g/mol. The summed E-state index contributed by atoms with van der Waals surface area (Å²) in [5.74, 6) is -0.549. The van der Waals surface area contributed by atoms with Crippen LogP contribution in [-0.4, -0.2) is 24.8 Å². The monoisotopic (exact) mass is 166 g/mol. The predicted octanol–water partition coefficient (Wildman–Crippen LogP) is -0.0518. The Labute approximate surface area is 65.7 Å². The number of nitrogens with one attached hydrogen (secondary N) is 1. The summed E-state index contributed by atoms with van der Waals surface area (Å²) in [4.78, 5) is 10.5. The van der Waals surface area contributed by atoms with Gasteiger partial charge in [-0.2, -0.15) is 0 Å². The third kappa shape index (κ3) is 4.29. The SMILES string of the molecule is CCOC(=O)C(N)C=N.Cl. The lowest BCUT2D eigenvalue weighted by Crippen LogP contribution is -2.33. The highest BCUT2D eigenvalue weighted by atomic mass is 35.5. The molecule has 0 amide bonds. The zero-order valence-electron chi connectivity index (χ0n) is 5.66. The van der Waals surface area contributed by atoms with E-state index in [2.05, 4.69) is 4.74 Å². The fourth-order valence-corrected chi connectivity index (χ4v) is 0.307. The molecule has 0 aromatic carbocycles. The van der Waals surface area contributed by atoms with Crippen LogP contribution in [0.4, 0.5) is 0 Å². The molecule has 0 rings (SSSR count). The molecule has 0 saturated heterocycles. The highest BCUT2D eigenvalue weighted by Gasteiger charge is 2.09. The number of carbonyl (C=O) groups excluding carboxylic acids is 1. The van der Waals surface area contributed by atoms with Gasteiger partial charge < -0.3 is 15.9 Å². The van der Waals surface area contributed by atoms with Gasteiger partial charge in [0.1, 0.15) is 6.04 Å². The second kappa shape index (κ2) is 6.51. The van der Waals surface area contributed by atoms with Crippen LogP contribution in [0.5, 0.6) is 0 Å². The number of hydrogen-bond acceptors (Lipinski definition) is 4. The Morgan fingerprint density at radius 2 is 2.40 bits per heavy atom. The summed E-state index contributed by atoms with van der Waals surface area (Å²) in [5.41, 5.74) is 5.08. The van der Waals surface area contributed by atoms with Gasteiger partial charge in [-0.15, -0.1) is 12.4 Å². The first kappa shape index (κ1) is 12.1. The zero-order chi connectivity index (χ0) is 7.28. The van der Waals surface area contributed by atoms with Crippen LogP contribution >= 0.6 is 12.4 Å². The van der Waals surface area contributed by atoms with Crippen molar-refractivity contribution in [2.75, 3.05) is 6.61 Å². The summed E-state index contributed by atoms with van der Waals surface area (Å²) in [5, 5.41) is 6.57. The molecule has 0 saturated carbocycles. The molecule has 1 atom stereocenters. The van der Waals surface area contributed by atoms with Crippen molar-refractivity contribution in [3.63, 3.8) is 0 Å². The molecule has 0 fully saturated rings. The van der Waals surface area contributed by atoms with Crippen molar-refractivity contribution in [1.82, 2.24) is 0 Å².